The predicted octanol–water partition coefficient (Wildman–Crippen LogP) is 1.88. The Morgan fingerprint density at radius 3 is 1.83 bits per heavy atom. The first-order chi connectivity index (χ1) is 7.85. The number of urea groups is 1. The average Bonchev–Trinajstić information content (AvgIpc) is 2.14. The minimum atomic E-state index is -5.09. The molecule has 106 valence electrons. The molecule has 0 aliphatic carbocycles. The molecule has 0 radical (unpaired) electrons. The van der Waals surface area contributed by atoms with E-state index in [9.17, 15) is 22.8 Å². The van der Waals surface area contributed by atoms with E-state index >= 15 is 0 Å². The number of rotatable bonds is 4. The molecule has 0 heterocycles. The van der Waals surface area contributed by atoms with Crippen LogP contribution in [0.5, 0.6) is 0 Å². The van der Waals surface area contributed by atoms with Gasteiger partial charge in [-0.25, -0.2) is 9.59 Å². The number of hydrogen-bond donors (Lipinski definition) is 3. The normalized spacial score (nSPS) is 15.7. The van der Waals surface area contributed by atoms with Gasteiger partial charge in [0.15, 0.2) is 0 Å². The molecule has 0 fully saturated rings. The van der Waals surface area contributed by atoms with Gasteiger partial charge < -0.3 is 15.7 Å². The molecule has 0 rings (SSSR count). The Balaban J connectivity index is 4.95. The lowest BCUT2D eigenvalue weighted by molar-refractivity contribution is -0.203. The van der Waals surface area contributed by atoms with Gasteiger partial charge >= 0.3 is 18.2 Å². The van der Waals surface area contributed by atoms with Gasteiger partial charge in [0, 0.05) is 5.54 Å². The topological polar surface area (TPSA) is 78.4 Å². The Labute approximate surface area is 103 Å². The lowest BCUT2D eigenvalue weighted by atomic mass is 10.0. The maximum absolute atomic E-state index is 12.6. The first-order valence-corrected chi connectivity index (χ1v) is 5.26. The fourth-order valence-electron chi connectivity index (χ4n) is 0.900. The summed E-state index contributed by atoms with van der Waals surface area (Å²) in [6.07, 6.45) is -4.61. The molecule has 1 unspecified atom stereocenters. The fourth-order valence-corrected chi connectivity index (χ4v) is 0.900. The van der Waals surface area contributed by atoms with E-state index in [0.29, 0.717) is 13.3 Å². The first-order valence-electron chi connectivity index (χ1n) is 5.26. The van der Waals surface area contributed by atoms with E-state index in [4.69, 9.17) is 5.11 Å². The van der Waals surface area contributed by atoms with Crippen LogP contribution in [0.2, 0.25) is 0 Å². The third-order valence-electron chi connectivity index (χ3n) is 2.69. The number of aliphatic carboxylic acids is 1. The highest BCUT2D eigenvalue weighted by molar-refractivity contribution is 5.87. The van der Waals surface area contributed by atoms with Crippen molar-refractivity contribution in [1.29, 1.82) is 0 Å². The van der Waals surface area contributed by atoms with E-state index in [1.54, 1.807) is 20.8 Å². The third-order valence-corrected chi connectivity index (χ3v) is 2.69. The summed E-state index contributed by atoms with van der Waals surface area (Å²) in [5.74, 6) is -2.17. The van der Waals surface area contributed by atoms with Crippen LogP contribution in [0, 0.1) is 0 Å². The van der Waals surface area contributed by atoms with Crippen molar-refractivity contribution in [3.63, 3.8) is 0 Å². The van der Waals surface area contributed by atoms with Crippen LogP contribution in [0.25, 0.3) is 0 Å². The predicted molar refractivity (Wildman–Crippen MR) is 58.1 cm³/mol. The molecule has 0 saturated carbocycles. The van der Waals surface area contributed by atoms with Crippen molar-refractivity contribution in [2.24, 2.45) is 0 Å². The summed E-state index contributed by atoms with van der Waals surface area (Å²) >= 11 is 0. The van der Waals surface area contributed by atoms with Crippen molar-refractivity contribution < 1.29 is 27.9 Å². The number of carbonyl (C=O) groups is 2. The molecule has 0 spiro atoms. The summed E-state index contributed by atoms with van der Waals surface area (Å²) in [6, 6.07) is -1.18. The molecule has 2 amide bonds. The number of halogens is 3. The maximum atomic E-state index is 12.6. The summed E-state index contributed by atoms with van der Waals surface area (Å²) in [6.45, 7) is 5.35. The number of alkyl halides is 3. The Morgan fingerprint density at radius 2 is 1.56 bits per heavy atom. The van der Waals surface area contributed by atoms with E-state index in [1.807, 2.05) is 0 Å². The van der Waals surface area contributed by atoms with Crippen LogP contribution in [0.3, 0.4) is 0 Å². The SMILES string of the molecule is CCC(C)(C)NC(=O)NC(C)(C(=O)O)C(F)(F)F. The zero-order valence-corrected chi connectivity index (χ0v) is 10.6. The van der Waals surface area contributed by atoms with Crippen LogP contribution < -0.4 is 10.6 Å². The van der Waals surface area contributed by atoms with Gasteiger partial charge in [0.05, 0.1) is 0 Å². The molecule has 18 heavy (non-hydrogen) atoms. The molecule has 3 N–H and O–H groups in total. The minimum absolute atomic E-state index is 0.397. The van der Waals surface area contributed by atoms with Gasteiger partial charge in [-0.1, -0.05) is 6.92 Å². The number of nitrogens with one attached hydrogen (secondary N) is 2. The maximum Gasteiger partial charge on any atom is 0.422 e. The Bertz CT molecular complexity index is 342. The van der Waals surface area contributed by atoms with Gasteiger partial charge in [-0.15, -0.1) is 0 Å². The zero-order valence-electron chi connectivity index (χ0n) is 10.6. The Kier molecular flexibility index (Phi) is 4.62. The van der Waals surface area contributed by atoms with Crippen LogP contribution in [0.15, 0.2) is 0 Å². The molecule has 8 heteroatoms. The molecule has 5 nitrogen and oxygen atoms in total. The van der Waals surface area contributed by atoms with E-state index in [0.717, 1.165) is 0 Å². The standard InChI is InChI=1S/C10H17F3N2O3/c1-5-8(2,3)14-7(18)15-9(4,6(16)17)10(11,12)13/h5H2,1-4H3,(H,16,17)(H2,14,15,18). The van der Waals surface area contributed by atoms with E-state index in [-0.39, 0.29) is 0 Å². The van der Waals surface area contributed by atoms with Gasteiger partial charge in [-0.3, -0.25) is 0 Å². The minimum Gasteiger partial charge on any atom is -0.479 e. The third kappa shape index (κ3) is 3.78. The van der Waals surface area contributed by atoms with Gasteiger partial charge in [0.1, 0.15) is 0 Å². The van der Waals surface area contributed by atoms with Crippen molar-refractivity contribution in [3.8, 4) is 0 Å². The van der Waals surface area contributed by atoms with Crippen molar-refractivity contribution in [2.45, 2.75) is 51.4 Å². The highest BCUT2D eigenvalue weighted by atomic mass is 19.4. The summed E-state index contributed by atoms with van der Waals surface area (Å²) in [5.41, 5.74) is -4.05. The molecule has 0 aromatic rings. The van der Waals surface area contributed by atoms with E-state index in [1.165, 1.54) is 5.32 Å². The molecule has 0 aromatic carbocycles. The second-order valence-corrected chi connectivity index (χ2v) is 4.74. The second-order valence-electron chi connectivity index (χ2n) is 4.74. The number of amides is 2. The average molecular weight is 270 g/mol. The van der Waals surface area contributed by atoms with Crippen molar-refractivity contribution in [2.75, 3.05) is 0 Å². The number of hydrogen-bond acceptors (Lipinski definition) is 2. The number of carbonyl (C=O) groups excluding carboxylic acids is 1. The molecule has 0 aliphatic heterocycles. The monoisotopic (exact) mass is 270 g/mol. The first kappa shape index (κ1) is 16.5. The summed E-state index contributed by atoms with van der Waals surface area (Å²) in [7, 11) is 0. The van der Waals surface area contributed by atoms with E-state index in [2.05, 4.69) is 5.32 Å². The molecule has 0 aromatic heterocycles. The van der Waals surface area contributed by atoms with Crippen LogP contribution >= 0.6 is 0 Å². The van der Waals surface area contributed by atoms with Crippen molar-refractivity contribution in [1.82, 2.24) is 10.6 Å². The van der Waals surface area contributed by atoms with Gasteiger partial charge in [-0.2, -0.15) is 13.2 Å². The van der Waals surface area contributed by atoms with Crippen molar-refractivity contribution >= 4 is 12.0 Å². The Morgan fingerprint density at radius 1 is 1.11 bits per heavy atom. The fraction of sp³-hybridized carbons (Fsp3) is 0.800. The van der Waals surface area contributed by atoms with Gasteiger partial charge in [0.2, 0.25) is 5.54 Å². The summed E-state index contributed by atoms with van der Waals surface area (Å²) < 4.78 is 37.8. The Hall–Kier alpha value is -1.47. The largest absolute Gasteiger partial charge is 0.479 e. The lowest BCUT2D eigenvalue weighted by Crippen LogP contribution is -2.65. The molecule has 0 saturated heterocycles. The highest BCUT2D eigenvalue weighted by Crippen LogP contribution is 2.30. The molecular weight excluding hydrogens is 253 g/mol. The zero-order chi connectivity index (χ0) is 14.8. The highest BCUT2D eigenvalue weighted by Gasteiger charge is 2.58. The summed E-state index contributed by atoms with van der Waals surface area (Å²) in [5, 5.41) is 12.3. The second kappa shape index (κ2) is 5.03. The molecule has 1 atom stereocenters. The number of carboxylic acid groups (broad SMARTS) is 1. The van der Waals surface area contributed by atoms with Crippen LogP contribution in [-0.2, 0) is 4.79 Å². The van der Waals surface area contributed by atoms with Gasteiger partial charge in [-0.05, 0) is 27.2 Å². The quantitative estimate of drug-likeness (QED) is 0.729. The van der Waals surface area contributed by atoms with Crippen molar-refractivity contribution in [3.05, 3.63) is 0 Å². The smallest absolute Gasteiger partial charge is 0.422 e. The molecular formula is C10H17F3N2O3. The van der Waals surface area contributed by atoms with Crippen LogP contribution in [-0.4, -0.2) is 34.4 Å². The lowest BCUT2D eigenvalue weighted by Gasteiger charge is -2.31. The number of carboxylic acids is 1. The molecule has 0 bridgehead atoms. The van der Waals surface area contributed by atoms with Gasteiger partial charge in [0.25, 0.3) is 0 Å². The van der Waals surface area contributed by atoms with Crippen LogP contribution in [0.1, 0.15) is 34.1 Å². The molecule has 0 aliphatic rings. The van der Waals surface area contributed by atoms with Crippen LogP contribution in [0.4, 0.5) is 18.0 Å². The van der Waals surface area contributed by atoms with E-state index < -0.39 is 29.3 Å². The summed E-state index contributed by atoms with van der Waals surface area (Å²) in [4.78, 5) is 22.1.